The van der Waals surface area contributed by atoms with Crippen molar-refractivity contribution in [2.24, 2.45) is 0 Å². The largest absolute Gasteiger partial charge is 0.494 e. The standard InChI is InChI=1S/C26H29N3O3/c1-2-31-21-7-9-22(10-8-21)32-26(30)28-19-6-11-25-23(16-19)24(17-27-25)18-12-14-29-13-4-3-5-20(29)15-18/h6-12,16-17,20,27H,2-5,13-15H2,1H3,(H,28,30). The molecule has 0 bridgehead atoms. The molecule has 5 rings (SSSR count). The Labute approximate surface area is 188 Å². The number of nitrogens with one attached hydrogen (secondary N) is 2. The Morgan fingerprint density at radius 2 is 2.00 bits per heavy atom. The van der Waals surface area contributed by atoms with Gasteiger partial charge in [-0.2, -0.15) is 0 Å². The van der Waals surface area contributed by atoms with Crippen molar-refractivity contribution >= 4 is 28.3 Å². The van der Waals surface area contributed by atoms with E-state index >= 15 is 0 Å². The first-order valence-corrected chi connectivity index (χ1v) is 11.5. The molecule has 32 heavy (non-hydrogen) atoms. The van der Waals surface area contributed by atoms with Crippen molar-refractivity contribution in [2.45, 2.75) is 38.6 Å². The SMILES string of the molecule is CCOc1ccc(OC(=O)Nc2ccc3[nH]cc(C4=CCN5CCCCC5C4)c3c2)cc1. The number of hydrogen-bond acceptors (Lipinski definition) is 4. The van der Waals surface area contributed by atoms with Crippen molar-refractivity contribution in [2.75, 3.05) is 25.0 Å². The zero-order chi connectivity index (χ0) is 21.9. The van der Waals surface area contributed by atoms with Crippen LogP contribution in [-0.2, 0) is 0 Å². The van der Waals surface area contributed by atoms with Gasteiger partial charge in [-0.05, 0) is 80.8 Å². The fourth-order valence-corrected chi connectivity index (χ4v) is 4.80. The average molecular weight is 432 g/mol. The number of ether oxygens (including phenoxy) is 2. The second-order valence-corrected chi connectivity index (χ2v) is 8.46. The Morgan fingerprint density at radius 1 is 1.16 bits per heavy atom. The van der Waals surface area contributed by atoms with Crippen molar-refractivity contribution in [1.29, 1.82) is 0 Å². The lowest BCUT2D eigenvalue weighted by molar-refractivity contribution is 0.161. The van der Waals surface area contributed by atoms with Gasteiger partial charge in [0.1, 0.15) is 11.5 Å². The summed E-state index contributed by atoms with van der Waals surface area (Å²) in [5.41, 5.74) is 4.41. The molecule has 1 unspecified atom stereocenters. The first-order valence-electron chi connectivity index (χ1n) is 11.5. The summed E-state index contributed by atoms with van der Waals surface area (Å²) in [6.07, 6.45) is 8.96. The number of aromatic nitrogens is 1. The minimum atomic E-state index is -0.514. The van der Waals surface area contributed by atoms with Crippen LogP contribution in [0.3, 0.4) is 0 Å². The third-order valence-corrected chi connectivity index (χ3v) is 6.40. The first-order chi connectivity index (χ1) is 15.7. The average Bonchev–Trinajstić information content (AvgIpc) is 3.23. The van der Waals surface area contributed by atoms with Gasteiger partial charge in [-0.1, -0.05) is 12.5 Å². The third-order valence-electron chi connectivity index (χ3n) is 6.40. The van der Waals surface area contributed by atoms with Crippen LogP contribution in [0, 0.1) is 0 Å². The van der Waals surface area contributed by atoms with Crippen molar-refractivity contribution in [3.8, 4) is 11.5 Å². The van der Waals surface area contributed by atoms with Crippen LogP contribution < -0.4 is 14.8 Å². The van der Waals surface area contributed by atoms with E-state index in [1.165, 1.54) is 36.9 Å². The Kier molecular flexibility index (Phi) is 5.86. The number of hydrogen-bond donors (Lipinski definition) is 2. The normalized spacial score (nSPS) is 18.7. The third kappa shape index (κ3) is 4.36. The quantitative estimate of drug-likeness (QED) is 0.534. The number of carbonyl (C=O) groups excluding carboxylic acids is 1. The van der Waals surface area contributed by atoms with E-state index in [0.29, 0.717) is 24.1 Å². The number of fused-ring (bicyclic) bond motifs is 2. The summed E-state index contributed by atoms with van der Waals surface area (Å²) in [6, 6.07) is 13.6. The number of anilines is 1. The number of nitrogens with zero attached hydrogens (tertiary/aromatic N) is 1. The minimum Gasteiger partial charge on any atom is -0.494 e. The van der Waals surface area contributed by atoms with Crippen LogP contribution in [0.15, 0.2) is 54.7 Å². The summed E-state index contributed by atoms with van der Waals surface area (Å²) >= 11 is 0. The molecule has 1 fully saturated rings. The zero-order valence-electron chi connectivity index (χ0n) is 18.4. The number of aromatic amines is 1. The summed E-state index contributed by atoms with van der Waals surface area (Å²) in [5.74, 6) is 1.22. The van der Waals surface area contributed by atoms with E-state index in [-0.39, 0.29) is 0 Å². The fourth-order valence-electron chi connectivity index (χ4n) is 4.80. The summed E-state index contributed by atoms with van der Waals surface area (Å²) in [6.45, 7) is 4.77. The lowest BCUT2D eigenvalue weighted by Gasteiger charge is -2.38. The van der Waals surface area contributed by atoms with Crippen molar-refractivity contribution in [3.05, 3.63) is 60.3 Å². The summed E-state index contributed by atoms with van der Waals surface area (Å²) < 4.78 is 10.8. The van der Waals surface area contributed by atoms with Gasteiger partial charge < -0.3 is 14.5 Å². The molecule has 3 aromatic rings. The number of H-pyrrole nitrogens is 1. The van der Waals surface area contributed by atoms with Crippen LogP contribution in [0.4, 0.5) is 10.5 Å². The molecule has 166 valence electrons. The molecule has 1 aromatic heterocycles. The van der Waals surface area contributed by atoms with E-state index in [0.717, 1.165) is 29.6 Å². The molecule has 6 nitrogen and oxygen atoms in total. The van der Waals surface area contributed by atoms with Crippen LogP contribution in [0.25, 0.3) is 16.5 Å². The van der Waals surface area contributed by atoms with E-state index < -0.39 is 6.09 Å². The van der Waals surface area contributed by atoms with E-state index in [1.807, 2.05) is 25.1 Å². The monoisotopic (exact) mass is 431 g/mol. The van der Waals surface area contributed by atoms with Crippen LogP contribution in [0.5, 0.6) is 11.5 Å². The molecule has 1 amide bonds. The molecule has 2 N–H and O–H groups in total. The lowest BCUT2D eigenvalue weighted by atomic mass is 9.89. The van der Waals surface area contributed by atoms with E-state index in [4.69, 9.17) is 9.47 Å². The maximum absolute atomic E-state index is 12.4. The predicted molar refractivity (Wildman–Crippen MR) is 127 cm³/mol. The maximum atomic E-state index is 12.4. The zero-order valence-corrected chi connectivity index (χ0v) is 18.4. The minimum absolute atomic E-state index is 0.471. The highest BCUT2D eigenvalue weighted by molar-refractivity contribution is 5.97. The highest BCUT2D eigenvalue weighted by Gasteiger charge is 2.27. The molecule has 3 heterocycles. The molecule has 0 radical (unpaired) electrons. The van der Waals surface area contributed by atoms with Crippen molar-refractivity contribution in [3.63, 3.8) is 0 Å². The summed E-state index contributed by atoms with van der Waals surface area (Å²) in [4.78, 5) is 18.4. The summed E-state index contributed by atoms with van der Waals surface area (Å²) in [5, 5.41) is 3.98. The van der Waals surface area contributed by atoms with Crippen molar-refractivity contribution in [1.82, 2.24) is 9.88 Å². The van der Waals surface area contributed by atoms with E-state index in [1.54, 1.807) is 24.3 Å². The Morgan fingerprint density at radius 3 is 2.84 bits per heavy atom. The van der Waals surface area contributed by atoms with Crippen LogP contribution in [0.2, 0.25) is 0 Å². The molecular weight excluding hydrogens is 402 g/mol. The number of piperidine rings is 1. The van der Waals surface area contributed by atoms with Gasteiger partial charge in [-0.25, -0.2) is 4.79 Å². The van der Waals surface area contributed by atoms with E-state index in [9.17, 15) is 4.79 Å². The second-order valence-electron chi connectivity index (χ2n) is 8.46. The molecule has 2 aliphatic heterocycles. The number of benzene rings is 2. The summed E-state index contributed by atoms with van der Waals surface area (Å²) in [7, 11) is 0. The number of amides is 1. The molecule has 2 aliphatic rings. The Balaban J connectivity index is 1.30. The molecule has 1 atom stereocenters. The van der Waals surface area contributed by atoms with Gasteiger partial charge in [0.15, 0.2) is 0 Å². The smallest absolute Gasteiger partial charge is 0.417 e. The van der Waals surface area contributed by atoms with Gasteiger partial charge in [0, 0.05) is 40.9 Å². The van der Waals surface area contributed by atoms with Crippen LogP contribution >= 0.6 is 0 Å². The number of carbonyl (C=O) groups is 1. The lowest BCUT2D eigenvalue weighted by Crippen LogP contribution is -2.41. The number of rotatable bonds is 5. The maximum Gasteiger partial charge on any atom is 0.417 e. The molecule has 0 aliphatic carbocycles. The van der Waals surface area contributed by atoms with E-state index in [2.05, 4.69) is 27.5 Å². The highest BCUT2D eigenvalue weighted by atomic mass is 16.6. The Bertz CT molecular complexity index is 1130. The molecule has 1 saturated heterocycles. The fraction of sp³-hybridized carbons (Fsp3) is 0.346. The first kappa shape index (κ1) is 20.6. The van der Waals surface area contributed by atoms with Gasteiger partial charge in [0.2, 0.25) is 0 Å². The van der Waals surface area contributed by atoms with Crippen LogP contribution in [0.1, 0.15) is 38.2 Å². The van der Waals surface area contributed by atoms with Gasteiger partial charge in [-0.3, -0.25) is 10.2 Å². The molecule has 0 spiro atoms. The Hall–Kier alpha value is -3.25. The highest BCUT2D eigenvalue weighted by Crippen LogP contribution is 2.35. The molecule has 0 saturated carbocycles. The van der Waals surface area contributed by atoms with Gasteiger partial charge in [0.25, 0.3) is 0 Å². The molecule has 2 aromatic carbocycles. The van der Waals surface area contributed by atoms with Gasteiger partial charge in [-0.15, -0.1) is 0 Å². The predicted octanol–water partition coefficient (Wildman–Crippen LogP) is 5.82. The van der Waals surface area contributed by atoms with Crippen LogP contribution in [-0.4, -0.2) is 41.7 Å². The van der Waals surface area contributed by atoms with Gasteiger partial charge >= 0.3 is 6.09 Å². The molecule has 6 heteroatoms. The topological polar surface area (TPSA) is 66.6 Å². The van der Waals surface area contributed by atoms with Gasteiger partial charge in [0.05, 0.1) is 6.61 Å². The second kappa shape index (κ2) is 9.09. The van der Waals surface area contributed by atoms with Crippen molar-refractivity contribution < 1.29 is 14.3 Å². The molecular formula is C26H29N3O3.